The number of carbonyl (C=O) groups excluding carboxylic acids is 3. The molecule has 0 aliphatic carbocycles. The quantitative estimate of drug-likeness (QED) is 0.146. The van der Waals surface area contributed by atoms with Crippen molar-refractivity contribution in [2.45, 2.75) is 63.1 Å². The molecule has 0 saturated carbocycles. The van der Waals surface area contributed by atoms with E-state index in [2.05, 4.69) is 15.6 Å². The summed E-state index contributed by atoms with van der Waals surface area (Å²) in [7, 11) is -0.773. The number of unbranched alkanes of at least 4 members (excludes halogenated alkanes) is 2. The fourth-order valence-electron chi connectivity index (χ4n) is 5.35. The lowest BCUT2D eigenvalue weighted by Crippen LogP contribution is -2.50. The smallest absolute Gasteiger partial charge is 0.261 e. The molecule has 0 saturated heterocycles. The van der Waals surface area contributed by atoms with Crippen LogP contribution in [0.4, 0.5) is 17.1 Å². The molecule has 2 aromatic carbocycles. The molecule has 1 aliphatic rings. The second-order valence-corrected chi connectivity index (χ2v) is 14.2. The van der Waals surface area contributed by atoms with Gasteiger partial charge < -0.3 is 35.7 Å². The second kappa shape index (κ2) is 16.1. The first kappa shape index (κ1) is 36.4. The van der Waals surface area contributed by atoms with Crippen molar-refractivity contribution in [3.05, 3.63) is 60.6 Å². The average Bonchev–Trinajstić information content (AvgIpc) is 3.50. The predicted octanol–water partition coefficient (Wildman–Crippen LogP) is 3.07. The van der Waals surface area contributed by atoms with Crippen molar-refractivity contribution in [2.24, 2.45) is 13.0 Å². The van der Waals surface area contributed by atoms with E-state index < -0.39 is 22.2 Å². The average molecular weight is 684 g/mol. The van der Waals surface area contributed by atoms with Gasteiger partial charge in [-0.15, -0.1) is 0 Å². The number of anilines is 3. The van der Waals surface area contributed by atoms with Crippen LogP contribution < -0.4 is 21.1 Å². The zero-order valence-electron chi connectivity index (χ0n) is 27.8. The molecule has 4 rings (SSSR count). The van der Waals surface area contributed by atoms with Crippen molar-refractivity contribution in [3.8, 4) is 5.75 Å². The standard InChI is InChI=1S/C33H45N7O7S/c1-22-17-40(23(2)20-41)33(44)25-16-24(36-30(42)12-6-5-7-13-31(43)37-27-11-9-8-10-26(27)34)14-15-28(25)47-29(22)18-39(4)48(45,46)32-19-38(3)21-35-32/h8-11,14-16,19,21-23,29,41H,5-7,12-13,17-18,20,34H2,1-4H3,(H,36,42)(H,37,43)/t22-,23+,29+/m1/s1. The van der Waals surface area contributed by atoms with E-state index in [1.54, 1.807) is 59.8 Å². The summed E-state index contributed by atoms with van der Waals surface area (Å²) in [5.74, 6) is -0.835. The number of nitrogens with zero attached hydrogens (tertiary/aromatic N) is 4. The summed E-state index contributed by atoms with van der Waals surface area (Å²) in [4.78, 5) is 44.3. The number of aromatic nitrogens is 2. The first-order valence-electron chi connectivity index (χ1n) is 15.9. The number of ether oxygens (including phenoxy) is 1. The largest absolute Gasteiger partial charge is 0.488 e. The molecular weight excluding hydrogens is 638 g/mol. The Bertz CT molecular complexity index is 1710. The van der Waals surface area contributed by atoms with Crippen LogP contribution in [0.15, 0.2) is 60.0 Å². The molecule has 15 heteroatoms. The van der Waals surface area contributed by atoms with Crippen LogP contribution in [0.3, 0.4) is 0 Å². The van der Waals surface area contributed by atoms with Crippen molar-refractivity contribution in [1.29, 1.82) is 0 Å². The minimum absolute atomic E-state index is 0.0183. The van der Waals surface area contributed by atoms with E-state index >= 15 is 0 Å². The molecule has 0 fully saturated rings. The summed E-state index contributed by atoms with van der Waals surface area (Å²) >= 11 is 0. The number of aryl methyl sites for hydroxylation is 1. The Balaban J connectivity index is 1.40. The topological polar surface area (TPSA) is 189 Å². The van der Waals surface area contributed by atoms with Crippen LogP contribution >= 0.6 is 0 Å². The third kappa shape index (κ3) is 9.11. The van der Waals surface area contributed by atoms with E-state index in [0.717, 1.165) is 0 Å². The van der Waals surface area contributed by atoms with Crippen LogP contribution in [0.25, 0.3) is 0 Å². The highest BCUT2D eigenvalue weighted by Gasteiger charge is 2.35. The number of rotatable bonds is 14. The number of benzene rings is 2. The minimum atomic E-state index is -3.91. The van der Waals surface area contributed by atoms with Crippen LogP contribution in [-0.4, -0.2) is 88.9 Å². The van der Waals surface area contributed by atoms with E-state index in [4.69, 9.17) is 10.5 Å². The van der Waals surface area contributed by atoms with Gasteiger partial charge in [0.15, 0.2) is 5.03 Å². The maximum Gasteiger partial charge on any atom is 0.261 e. The molecule has 14 nitrogen and oxygen atoms in total. The molecule has 5 N–H and O–H groups in total. The molecule has 2 heterocycles. The highest BCUT2D eigenvalue weighted by molar-refractivity contribution is 7.89. The highest BCUT2D eigenvalue weighted by Crippen LogP contribution is 2.31. The first-order valence-corrected chi connectivity index (χ1v) is 17.3. The number of nitrogens with one attached hydrogen (secondary N) is 2. The molecule has 1 aliphatic heterocycles. The third-order valence-electron chi connectivity index (χ3n) is 8.28. The predicted molar refractivity (Wildman–Crippen MR) is 182 cm³/mol. The van der Waals surface area contributed by atoms with Crippen molar-refractivity contribution in [1.82, 2.24) is 18.8 Å². The molecule has 3 amide bonds. The fourth-order valence-corrected chi connectivity index (χ4v) is 6.49. The number of fused-ring (bicyclic) bond motifs is 1. The Hall–Kier alpha value is -4.47. The van der Waals surface area contributed by atoms with Crippen molar-refractivity contribution < 1.29 is 32.6 Å². The molecule has 260 valence electrons. The summed E-state index contributed by atoms with van der Waals surface area (Å²) in [5, 5.41) is 15.5. The minimum Gasteiger partial charge on any atom is -0.488 e. The summed E-state index contributed by atoms with van der Waals surface area (Å²) in [6.07, 6.45) is 4.54. The van der Waals surface area contributed by atoms with Crippen molar-refractivity contribution in [3.63, 3.8) is 0 Å². The van der Waals surface area contributed by atoms with Gasteiger partial charge in [0, 0.05) is 51.3 Å². The Morgan fingerprint density at radius 1 is 1.12 bits per heavy atom. The Labute approximate surface area is 281 Å². The lowest BCUT2D eigenvalue weighted by Gasteiger charge is -2.38. The number of aliphatic hydroxyl groups is 1. The summed E-state index contributed by atoms with van der Waals surface area (Å²) in [6.45, 7) is 3.50. The van der Waals surface area contributed by atoms with Gasteiger partial charge in [-0.25, -0.2) is 13.4 Å². The van der Waals surface area contributed by atoms with Gasteiger partial charge in [0.2, 0.25) is 11.8 Å². The van der Waals surface area contributed by atoms with Crippen LogP contribution in [0.5, 0.6) is 5.75 Å². The van der Waals surface area contributed by atoms with Crippen molar-refractivity contribution >= 4 is 44.8 Å². The Kier molecular flexibility index (Phi) is 12.2. The van der Waals surface area contributed by atoms with E-state index in [1.165, 1.54) is 29.9 Å². The number of carbonyl (C=O) groups is 3. The number of amides is 3. The van der Waals surface area contributed by atoms with Crippen LogP contribution in [0.1, 0.15) is 56.3 Å². The Morgan fingerprint density at radius 2 is 1.81 bits per heavy atom. The van der Waals surface area contributed by atoms with E-state index in [1.807, 2.05) is 6.92 Å². The van der Waals surface area contributed by atoms with Gasteiger partial charge in [-0.05, 0) is 50.1 Å². The summed E-state index contributed by atoms with van der Waals surface area (Å²) < 4.78 is 35.4. The number of nitrogen functional groups attached to an aromatic ring is 1. The van der Waals surface area contributed by atoms with Crippen LogP contribution in [-0.2, 0) is 26.7 Å². The molecule has 3 atom stereocenters. The molecule has 0 radical (unpaired) electrons. The molecule has 1 aromatic heterocycles. The number of sulfonamides is 1. The molecular formula is C33H45N7O7S. The molecule has 3 aromatic rings. The van der Waals surface area contributed by atoms with E-state index in [9.17, 15) is 27.9 Å². The van der Waals surface area contributed by atoms with Gasteiger partial charge in [-0.1, -0.05) is 25.5 Å². The molecule has 0 spiro atoms. The molecule has 0 unspecified atom stereocenters. The number of aliphatic hydroxyl groups excluding tert-OH is 1. The zero-order valence-corrected chi connectivity index (χ0v) is 28.6. The lowest BCUT2D eigenvalue weighted by molar-refractivity contribution is -0.116. The zero-order chi connectivity index (χ0) is 35.0. The molecule has 48 heavy (non-hydrogen) atoms. The van der Waals surface area contributed by atoms with Crippen molar-refractivity contribution in [2.75, 3.05) is 43.1 Å². The Morgan fingerprint density at radius 3 is 2.46 bits per heavy atom. The number of hydrogen-bond donors (Lipinski definition) is 4. The number of imidazole rings is 1. The van der Waals surface area contributed by atoms with E-state index in [-0.39, 0.29) is 66.1 Å². The highest BCUT2D eigenvalue weighted by atomic mass is 32.2. The SMILES string of the molecule is C[C@@H]1CN([C@@H](C)CO)C(=O)c2cc(NC(=O)CCCCCC(=O)Nc3ccccc3N)ccc2O[C@H]1CN(C)S(=O)(=O)c1cn(C)cn1. The first-order chi connectivity index (χ1) is 22.8. The number of para-hydroxylation sites is 2. The number of likely N-dealkylation sites (N-methyl/N-ethyl adjacent to an activating group) is 1. The van der Waals surface area contributed by atoms with Crippen LogP contribution in [0.2, 0.25) is 0 Å². The van der Waals surface area contributed by atoms with Gasteiger partial charge in [0.05, 0.1) is 42.5 Å². The monoisotopic (exact) mass is 683 g/mol. The second-order valence-electron chi connectivity index (χ2n) is 12.2. The summed E-state index contributed by atoms with van der Waals surface area (Å²) in [5.41, 5.74) is 7.52. The fraction of sp³-hybridized carbons (Fsp3) is 0.455. The maximum absolute atomic E-state index is 13.7. The van der Waals surface area contributed by atoms with E-state index in [0.29, 0.717) is 42.7 Å². The maximum atomic E-state index is 13.7. The van der Waals surface area contributed by atoms with Gasteiger partial charge in [-0.3, -0.25) is 14.4 Å². The number of nitrogens with two attached hydrogens (primary N) is 1. The van der Waals surface area contributed by atoms with Gasteiger partial charge in [0.1, 0.15) is 11.9 Å². The third-order valence-corrected chi connectivity index (χ3v) is 9.99. The normalized spacial score (nSPS) is 17.2. The van der Waals surface area contributed by atoms with Gasteiger partial charge in [-0.2, -0.15) is 4.31 Å². The van der Waals surface area contributed by atoms with Gasteiger partial charge in [0.25, 0.3) is 15.9 Å². The number of hydrogen-bond acceptors (Lipinski definition) is 9. The lowest BCUT2D eigenvalue weighted by atomic mass is 9.99. The summed E-state index contributed by atoms with van der Waals surface area (Å²) in [6, 6.07) is 11.3. The molecule has 0 bridgehead atoms. The van der Waals surface area contributed by atoms with Crippen LogP contribution in [0, 0.1) is 5.92 Å². The van der Waals surface area contributed by atoms with Gasteiger partial charge >= 0.3 is 0 Å².